The quantitative estimate of drug-likeness (QED) is 0.651. The standard InChI is InChI=1S/C16H17N5OS/c1-4-8-21-12(3)19-20-16(21)23-11(2)15(22)18-14-7-5-6-13(9-14)10-17/h4-7,9,11H,1,8H2,2-3H3,(H,18,22). The third-order valence-corrected chi connectivity index (χ3v) is 4.20. The average molecular weight is 327 g/mol. The van der Waals surface area contributed by atoms with Crippen LogP contribution < -0.4 is 5.32 Å². The molecule has 23 heavy (non-hydrogen) atoms. The number of carbonyl (C=O) groups is 1. The molecule has 0 fully saturated rings. The number of anilines is 1. The first-order chi connectivity index (χ1) is 11.0. The molecule has 2 rings (SSSR count). The van der Waals surface area contributed by atoms with E-state index in [1.807, 2.05) is 17.6 Å². The Morgan fingerprint density at radius 3 is 3.04 bits per heavy atom. The van der Waals surface area contributed by atoms with Gasteiger partial charge in [0.05, 0.1) is 16.9 Å². The number of nitrogens with zero attached hydrogens (tertiary/aromatic N) is 4. The van der Waals surface area contributed by atoms with Crippen LogP contribution in [-0.2, 0) is 11.3 Å². The highest BCUT2D eigenvalue weighted by Gasteiger charge is 2.19. The highest BCUT2D eigenvalue weighted by atomic mass is 32.2. The van der Waals surface area contributed by atoms with E-state index >= 15 is 0 Å². The first-order valence-corrected chi connectivity index (χ1v) is 7.91. The zero-order chi connectivity index (χ0) is 16.8. The average Bonchev–Trinajstić information content (AvgIpc) is 2.88. The number of thioether (sulfide) groups is 1. The molecule has 118 valence electrons. The molecule has 1 atom stereocenters. The van der Waals surface area contributed by atoms with Crippen molar-refractivity contribution < 1.29 is 4.79 Å². The summed E-state index contributed by atoms with van der Waals surface area (Å²) in [5.74, 6) is 0.623. The third-order valence-electron chi connectivity index (χ3n) is 3.12. The van der Waals surface area contributed by atoms with Crippen molar-refractivity contribution in [3.63, 3.8) is 0 Å². The van der Waals surface area contributed by atoms with Crippen molar-refractivity contribution in [2.75, 3.05) is 5.32 Å². The van der Waals surface area contributed by atoms with Crippen molar-refractivity contribution >= 4 is 23.4 Å². The van der Waals surface area contributed by atoms with Gasteiger partial charge in [-0.15, -0.1) is 16.8 Å². The Morgan fingerprint density at radius 1 is 1.57 bits per heavy atom. The molecule has 0 bridgehead atoms. The summed E-state index contributed by atoms with van der Waals surface area (Å²) in [6, 6.07) is 8.86. The monoisotopic (exact) mass is 327 g/mol. The highest BCUT2D eigenvalue weighted by molar-refractivity contribution is 8.00. The van der Waals surface area contributed by atoms with Gasteiger partial charge in [0.25, 0.3) is 0 Å². The molecule has 0 aliphatic carbocycles. The topological polar surface area (TPSA) is 83.6 Å². The Labute approximate surface area is 139 Å². The number of benzene rings is 1. The predicted molar refractivity (Wildman–Crippen MR) is 90.1 cm³/mol. The minimum atomic E-state index is -0.354. The smallest absolute Gasteiger partial charge is 0.237 e. The van der Waals surface area contributed by atoms with Gasteiger partial charge in [-0.1, -0.05) is 23.9 Å². The summed E-state index contributed by atoms with van der Waals surface area (Å²) in [5.41, 5.74) is 1.11. The maximum absolute atomic E-state index is 12.3. The van der Waals surface area contributed by atoms with E-state index in [0.29, 0.717) is 23.0 Å². The van der Waals surface area contributed by atoms with E-state index in [0.717, 1.165) is 5.82 Å². The highest BCUT2D eigenvalue weighted by Crippen LogP contribution is 2.23. The van der Waals surface area contributed by atoms with Crippen LogP contribution in [0.25, 0.3) is 0 Å². The fourth-order valence-electron chi connectivity index (χ4n) is 1.91. The van der Waals surface area contributed by atoms with Gasteiger partial charge in [0.2, 0.25) is 5.91 Å². The maximum Gasteiger partial charge on any atom is 0.237 e. The molecule has 1 heterocycles. The van der Waals surface area contributed by atoms with Gasteiger partial charge in [0.15, 0.2) is 5.16 Å². The fourth-order valence-corrected chi connectivity index (χ4v) is 2.81. The van der Waals surface area contributed by atoms with E-state index in [-0.39, 0.29) is 11.2 Å². The maximum atomic E-state index is 12.3. The summed E-state index contributed by atoms with van der Waals surface area (Å²) in [5, 5.41) is 20.1. The lowest BCUT2D eigenvalue weighted by molar-refractivity contribution is -0.115. The van der Waals surface area contributed by atoms with Gasteiger partial charge >= 0.3 is 0 Å². The summed E-state index contributed by atoms with van der Waals surface area (Å²) < 4.78 is 1.90. The third kappa shape index (κ3) is 4.20. The second-order valence-corrected chi connectivity index (χ2v) is 6.18. The van der Waals surface area contributed by atoms with E-state index in [2.05, 4.69) is 22.1 Å². The summed E-state index contributed by atoms with van der Waals surface area (Å²) in [6.45, 7) is 7.97. The van der Waals surface area contributed by atoms with Crippen LogP contribution in [0.5, 0.6) is 0 Å². The lowest BCUT2D eigenvalue weighted by atomic mass is 10.2. The lowest BCUT2D eigenvalue weighted by Gasteiger charge is -2.12. The normalized spacial score (nSPS) is 11.5. The fraction of sp³-hybridized carbons (Fsp3) is 0.250. The number of hydrogen-bond donors (Lipinski definition) is 1. The molecule has 1 aromatic heterocycles. The molecule has 0 radical (unpaired) electrons. The van der Waals surface area contributed by atoms with Gasteiger partial charge in [-0.2, -0.15) is 5.26 Å². The van der Waals surface area contributed by atoms with Crippen LogP contribution in [0.3, 0.4) is 0 Å². The number of hydrogen-bond acceptors (Lipinski definition) is 5. The summed E-state index contributed by atoms with van der Waals surface area (Å²) in [6.07, 6.45) is 1.76. The number of rotatable bonds is 6. The van der Waals surface area contributed by atoms with E-state index in [1.54, 1.807) is 37.3 Å². The Bertz CT molecular complexity index is 762. The molecule has 0 spiro atoms. The SMILES string of the molecule is C=CCn1c(C)nnc1SC(C)C(=O)Nc1cccc(C#N)c1. The number of carbonyl (C=O) groups excluding carboxylic acids is 1. The van der Waals surface area contributed by atoms with Crippen LogP contribution >= 0.6 is 11.8 Å². The second kappa shape index (κ2) is 7.61. The van der Waals surface area contributed by atoms with Crippen LogP contribution in [0.4, 0.5) is 5.69 Å². The molecular weight excluding hydrogens is 310 g/mol. The number of amides is 1. The van der Waals surface area contributed by atoms with Gasteiger partial charge in [-0.05, 0) is 32.0 Å². The molecule has 2 aromatic rings. The predicted octanol–water partition coefficient (Wildman–Crippen LogP) is 2.76. The van der Waals surface area contributed by atoms with Gasteiger partial charge in [-0.3, -0.25) is 4.79 Å². The Kier molecular flexibility index (Phi) is 5.55. The van der Waals surface area contributed by atoms with Gasteiger partial charge in [0.1, 0.15) is 5.82 Å². The van der Waals surface area contributed by atoms with Crippen molar-refractivity contribution in [2.24, 2.45) is 0 Å². The molecule has 7 heteroatoms. The van der Waals surface area contributed by atoms with Crippen molar-refractivity contribution in [3.8, 4) is 6.07 Å². The van der Waals surface area contributed by atoms with E-state index in [9.17, 15) is 4.79 Å². The van der Waals surface area contributed by atoms with Crippen molar-refractivity contribution in [3.05, 3.63) is 48.3 Å². The van der Waals surface area contributed by atoms with Gasteiger partial charge in [-0.25, -0.2) is 0 Å². The summed E-state index contributed by atoms with van der Waals surface area (Å²) in [4.78, 5) is 12.3. The molecule has 0 aliphatic heterocycles. The molecule has 0 saturated carbocycles. The lowest BCUT2D eigenvalue weighted by Crippen LogP contribution is -2.23. The zero-order valence-corrected chi connectivity index (χ0v) is 13.8. The largest absolute Gasteiger partial charge is 0.325 e. The number of nitriles is 1. The summed E-state index contributed by atoms with van der Waals surface area (Å²) >= 11 is 1.33. The van der Waals surface area contributed by atoms with E-state index in [1.165, 1.54) is 11.8 Å². The molecule has 0 aliphatic rings. The minimum Gasteiger partial charge on any atom is -0.325 e. The molecular formula is C16H17N5OS. The van der Waals surface area contributed by atoms with Crippen LogP contribution in [0.1, 0.15) is 18.3 Å². The van der Waals surface area contributed by atoms with Crippen molar-refractivity contribution in [1.82, 2.24) is 14.8 Å². The number of aryl methyl sites for hydroxylation is 1. The Morgan fingerprint density at radius 2 is 2.35 bits per heavy atom. The van der Waals surface area contributed by atoms with Gasteiger partial charge in [0, 0.05) is 12.2 Å². The van der Waals surface area contributed by atoms with Crippen LogP contribution in [-0.4, -0.2) is 25.9 Å². The zero-order valence-electron chi connectivity index (χ0n) is 13.0. The molecule has 1 unspecified atom stereocenters. The molecule has 0 saturated heterocycles. The van der Waals surface area contributed by atoms with Gasteiger partial charge < -0.3 is 9.88 Å². The first kappa shape index (κ1) is 16.8. The molecule has 6 nitrogen and oxygen atoms in total. The Balaban J connectivity index is 2.05. The summed E-state index contributed by atoms with van der Waals surface area (Å²) in [7, 11) is 0. The second-order valence-electron chi connectivity index (χ2n) is 4.87. The van der Waals surface area contributed by atoms with Crippen LogP contribution in [0.2, 0.25) is 0 Å². The molecule has 1 aromatic carbocycles. The van der Waals surface area contributed by atoms with Crippen molar-refractivity contribution in [2.45, 2.75) is 30.8 Å². The first-order valence-electron chi connectivity index (χ1n) is 7.03. The van der Waals surface area contributed by atoms with Crippen molar-refractivity contribution in [1.29, 1.82) is 5.26 Å². The van der Waals surface area contributed by atoms with Crippen LogP contribution in [0, 0.1) is 18.3 Å². The van der Waals surface area contributed by atoms with Crippen LogP contribution in [0.15, 0.2) is 42.1 Å². The number of nitrogens with one attached hydrogen (secondary N) is 1. The molecule has 1 amide bonds. The molecule has 1 N–H and O–H groups in total. The minimum absolute atomic E-state index is 0.157. The number of allylic oxidation sites excluding steroid dienone is 1. The number of aromatic nitrogens is 3. The Hall–Kier alpha value is -2.59. The van der Waals surface area contributed by atoms with E-state index in [4.69, 9.17) is 5.26 Å². The van der Waals surface area contributed by atoms with E-state index < -0.39 is 0 Å².